The minimum atomic E-state index is 0.221. The Kier molecular flexibility index (Phi) is 5.09. The minimum absolute atomic E-state index is 0.221. The van der Waals surface area contributed by atoms with Crippen LogP contribution in [0.25, 0.3) is 17.1 Å². The van der Waals surface area contributed by atoms with Crippen LogP contribution in [0.3, 0.4) is 0 Å². The number of aromatic nitrogens is 3. The molecular weight excluding hydrogens is 266 g/mol. The van der Waals surface area contributed by atoms with Crippen molar-refractivity contribution in [1.29, 1.82) is 0 Å². The quantitative estimate of drug-likeness (QED) is 0.847. The lowest BCUT2D eigenvalue weighted by Gasteiger charge is -2.08. The number of aromatic amines is 1. The molecule has 2 aromatic heterocycles. The molecule has 5 heteroatoms. The molecule has 2 heterocycles. The second-order valence-electron chi connectivity index (χ2n) is 5.35. The molecule has 0 fully saturated rings. The molecule has 5 nitrogen and oxygen atoms in total. The summed E-state index contributed by atoms with van der Waals surface area (Å²) in [5.41, 5.74) is 1.68. The first-order valence-electron chi connectivity index (χ1n) is 7.25. The van der Waals surface area contributed by atoms with Crippen LogP contribution < -0.4 is 4.74 Å². The molecule has 0 amide bonds. The molecule has 0 spiro atoms. The molecule has 1 N–H and O–H groups in total. The Morgan fingerprint density at radius 2 is 2.24 bits per heavy atom. The van der Waals surface area contributed by atoms with Crippen LogP contribution in [0.2, 0.25) is 0 Å². The van der Waals surface area contributed by atoms with Gasteiger partial charge in [-0.1, -0.05) is 32.9 Å². The third-order valence-electron chi connectivity index (χ3n) is 3.06. The number of nitrogens with zero attached hydrogens (tertiary/aromatic N) is 2. The Hall–Kier alpha value is -2.17. The van der Waals surface area contributed by atoms with Crippen LogP contribution in [0.5, 0.6) is 5.88 Å². The predicted octanol–water partition coefficient (Wildman–Crippen LogP) is 3.38. The van der Waals surface area contributed by atoms with Crippen molar-refractivity contribution in [2.24, 2.45) is 5.92 Å². The highest BCUT2D eigenvalue weighted by atomic mass is 16.5. The molecule has 21 heavy (non-hydrogen) atoms. The lowest BCUT2D eigenvalue weighted by atomic mass is 10.1. The van der Waals surface area contributed by atoms with Crippen molar-refractivity contribution in [2.75, 3.05) is 6.61 Å². The summed E-state index contributed by atoms with van der Waals surface area (Å²) in [5.74, 6) is 1.23. The average Bonchev–Trinajstić information content (AvgIpc) is 2.88. The predicted molar refractivity (Wildman–Crippen MR) is 83.2 cm³/mol. The van der Waals surface area contributed by atoms with Crippen LogP contribution in [0, 0.1) is 5.92 Å². The highest BCUT2D eigenvalue weighted by Gasteiger charge is 2.11. The Morgan fingerprint density at radius 1 is 1.43 bits per heavy atom. The van der Waals surface area contributed by atoms with Gasteiger partial charge in [-0.05, 0) is 5.92 Å². The molecule has 0 aromatic carbocycles. The molecular formula is C16H21N3O2. The molecule has 2 rings (SSSR count). The van der Waals surface area contributed by atoms with Crippen LogP contribution in [0.15, 0.2) is 18.6 Å². The SMILES string of the molecule is CCC(=O)C/C=C/c1c[nH]c2ncnc(OCC(C)C)c12. The van der Waals surface area contributed by atoms with E-state index in [9.17, 15) is 4.79 Å². The van der Waals surface area contributed by atoms with Crippen LogP contribution >= 0.6 is 0 Å². The fourth-order valence-electron chi connectivity index (χ4n) is 1.91. The van der Waals surface area contributed by atoms with E-state index < -0.39 is 0 Å². The van der Waals surface area contributed by atoms with Gasteiger partial charge < -0.3 is 9.72 Å². The molecule has 2 aromatic rings. The normalized spacial score (nSPS) is 11.6. The first kappa shape index (κ1) is 15.2. The second kappa shape index (κ2) is 7.02. The monoisotopic (exact) mass is 287 g/mol. The Labute approximate surface area is 124 Å². The van der Waals surface area contributed by atoms with Crippen LogP contribution in [0.4, 0.5) is 0 Å². The Balaban J connectivity index is 2.25. The van der Waals surface area contributed by atoms with Gasteiger partial charge >= 0.3 is 0 Å². The Bertz CT molecular complexity index is 644. The molecule has 0 saturated carbocycles. The van der Waals surface area contributed by atoms with E-state index in [4.69, 9.17) is 4.74 Å². The molecule has 0 aliphatic rings. The minimum Gasteiger partial charge on any atom is -0.477 e. The van der Waals surface area contributed by atoms with E-state index in [0.717, 1.165) is 16.6 Å². The summed E-state index contributed by atoms with van der Waals surface area (Å²) in [4.78, 5) is 22.9. The summed E-state index contributed by atoms with van der Waals surface area (Å²) < 4.78 is 5.76. The molecule has 112 valence electrons. The van der Waals surface area contributed by atoms with E-state index in [1.165, 1.54) is 6.33 Å². The van der Waals surface area contributed by atoms with Crippen molar-refractivity contribution in [3.05, 3.63) is 24.2 Å². The van der Waals surface area contributed by atoms with Crippen LogP contribution in [0.1, 0.15) is 39.2 Å². The van der Waals surface area contributed by atoms with Crippen molar-refractivity contribution in [3.8, 4) is 5.88 Å². The smallest absolute Gasteiger partial charge is 0.226 e. The van der Waals surface area contributed by atoms with Gasteiger partial charge in [0.05, 0.1) is 12.0 Å². The van der Waals surface area contributed by atoms with Gasteiger partial charge in [0.25, 0.3) is 0 Å². The van der Waals surface area contributed by atoms with Crippen molar-refractivity contribution in [2.45, 2.75) is 33.6 Å². The number of allylic oxidation sites excluding steroid dienone is 1. The number of ketones is 1. The topological polar surface area (TPSA) is 67.9 Å². The molecule has 0 radical (unpaired) electrons. The number of carbonyl (C=O) groups is 1. The third kappa shape index (κ3) is 3.90. The van der Waals surface area contributed by atoms with Crippen LogP contribution in [-0.2, 0) is 4.79 Å². The zero-order chi connectivity index (χ0) is 15.2. The van der Waals surface area contributed by atoms with Gasteiger partial charge in [-0.3, -0.25) is 4.79 Å². The summed E-state index contributed by atoms with van der Waals surface area (Å²) in [7, 11) is 0. The number of ether oxygens (including phenoxy) is 1. The number of hydrogen-bond acceptors (Lipinski definition) is 4. The number of Topliss-reactive ketones (excluding diaryl/α,β-unsaturated/α-hetero) is 1. The lowest BCUT2D eigenvalue weighted by Crippen LogP contribution is -2.06. The highest BCUT2D eigenvalue weighted by Crippen LogP contribution is 2.26. The number of nitrogens with one attached hydrogen (secondary N) is 1. The third-order valence-corrected chi connectivity index (χ3v) is 3.06. The van der Waals surface area contributed by atoms with Gasteiger partial charge in [0.2, 0.25) is 5.88 Å². The fraction of sp³-hybridized carbons (Fsp3) is 0.438. The number of rotatable bonds is 7. The fourth-order valence-corrected chi connectivity index (χ4v) is 1.91. The summed E-state index contributed by atoms with van der Waals surface area (Å²) in [5, 5.41) is 0.860. The van der Waals surface area contributed by atoms with E-state index in [-0.39, 0.29) is 5.78 Å². The first-order chi connectivity index (χ1) is 10.1. The maximum atomic E-state index is 11.3. The number of H-pyrrole nitrogens is 1. The molecule has 0 bridgehead atoms. The van der Waals surface area contributed by atoms with Gasteiger partial charge in [-0.15, -0.1) is 0 Å². The van der Waals surface area contributed by atoms with Gasteiger partial charge in [0.1, 0.15) is 17.8 Å². The number of carbonyl (C=O) groups excluding carboxylic acids is 1. The van der Waals surface area contributed by atoms with Crippen molar-refractivity contribution in [3.63, 3.8) is 0 Å². The van der Waals surface area contributed by atoms with Crippen molar-refractivity contribution >= 4 is 22.9 Å². The molecule has 0 aliphatic carbocycles. The number of hydrogen-bond donors (Lipinski definition) is 1. The summed E-state index contributed by atoms with van der Waals surface area (Å²) in [6, 6.07) is 0. The standard InChI is InChI=1S/C16H21N3O2/c1-4-13(20)7-5-6-12-8-17-15-14(12)16(19-10-18-15)21-9-11(2)3/h5-6,8,10-11H,4,7,9H2,1-3H3,(H,17,18,19)/b6-5+. The van der Waals surface area contributed by atoms with Crippen LogP contribution in [-0.4, -0.2) is 27.3 Å². The van der Waals surface area contributed by atoms with E-state index >= 15 is 0 Å². The first-order valence-corrected chi connectivity index (χ1v) is 7.25. The maximum absolute atomic E-state index is 11.3. The van der Waals surface area contributed by atoms with Gasteiger partial charge in [-0.2, -0.15) is 0 Å². The molecule has 0 aliphatic heterocycles. The van der Waals surface area contributed by atoms with Crippen molar-refractivity contribution in [1.82, 2.24) is 15.0 Å². The van der Waals surface area contributed by atoms with E-state index in [2.05, 4.69) is 28.8 Å². The Morgan fingerprint density at radius 3 is 2.95 bits per heavy atom. The van der Waals surface area contributed by atoms with E-state index in [0.29, 0.717) is 31.2 Å². The molecule has 0 unspecified atom stereocenters. The van der Waals surface area contributed by atoms with Crippen molar-refractivity contribution < 1.29 is 9.53 Å². The summed E-state index contributed by atoms with van der Waals surface area (Å²) >= 11 is 0. The van der Waals surface area contributed by atoms with E-state index in [1.807, 2.05) is 25.3 Å². The average molecular weight is 287 g/mol. The largest absolute Gasteiger partial charge is 0.477 e. The second-order valence-corrected chi connectivity index (χ2v) is 5.35. The van der Waals surface area contributed by atoms with E-state index in [1.54, 1.807) is 0 Å². The maximum Gasteiger partial charge on any atom is 0.226 e. The zero-order valence-electron chi connectivity index (χ0n) is 12.7. The number of fused-ring (bicyclic) bond motifs is 1. The summed E-state index contributed by atoms with van der Waals surface area (Å²) in [6.45, 7) is 6.65. The summed E-state index contributed by atoms with van der Waals surface area (Å²) in [6.07, 6.45) is 8.13. The van der Waals surface area contributed by atoms with Gasteiger partial charge in [-0.25, -0.2) is 9.97 Å². The highest BCUT2D eigenvalue weighted by molar-refractivity contribution is 5.91. The zero-order valence-corrected chi connectivity index (χ0v) is 12.7. The lowest BCUT2D eigenvalue weighted by molar-refractivity contribution is -0.117. The van der Waals surface area contributed by atoms with Gasteiger partial charge in [0.15, 0.2) is 0 Å². The molecule has 0 saturated heterocycles. The van der Waals surface area contributed by atoms with Gasteiger partial charge in [0, 0.05) is 24.6 Å². The molecule has 0 atom stereocenters.